The maximum absolute atomic E-state index is 5.46. The minimum atomic E-state index is 0. The summed E-state index contributed by atoms with van der Waals surface area (Å²) in [4.78, 5) is 0. The average Bonchev–Trinajstić information content (AvgIpc) is 3.37. The molecule has 0 radical (unpaired) electrons. The van der Waals surface area contributed by atoms with Gasteiger partial charge in [0.05, 0.1) is 0 Å². The lowest BCUT2D eigenvalue weighted by atomic mass is 10.2. The zero-order valence-corrected chi connectivity index (χ0v) is 48.5. The van der Waals surface area contributed by atoms with Gasteiger partial charge in [-0.3, -0.25) is 0 Å². The molecule has 0 aromatic heterocycles. The number of unbranched alkanes of at least 4 members (excludes halogenated alkanes) is 21. The van der Waals surface area contributed by atoms with Crippen molar-refractivity contribution in [3.63, 3.8) is 0 Å². The fraction of sp³-hybridized carbons (Fsp3) is 1.00. The molecular weight excluding hydrogens is 865 g/mol. The lowest BCUT2D eigenvalue weighted by molar-refractivity contribution is 0.544. The molecular formula is C58H142N12. The van der Waals surface area contributed by atoms with Gasteiger partial charge in [0.2, 0.25) is 0 Å². The van der Waals surface area contributed by atoms with Gasteiger partial charge in [0.1, 0.15) is 0 Å². The van der Waals surface area contributed by atoms with E-state index in [0.29, 0.717) is 0 Å². The van der Waals surface area contributed by atoms with Crippen molar-refractivity contribution >= 4 is 0 Å². The summed E-state index contributed by atoms with van der Waals surface area (Å²) in [6.07, 6.45) is 42.5. The smallest absolute Gasteiger partial charge is 0.00489 e. The zero-order valence-electron chi connectivity index (χ0n) is 48.5. The van der Waals surface area contributed by atoms with Crippen molar-refractivity contribution in [3.05, 3.63) is 0 Å². The van der Waals surface area contributed by atoms with E-state index in [9.17, 15) is 0 Å². The van der Waals surface area contributed by atoms with Gasteiger partial charge in [-0.1, -0.05) is 145 Å². The van der Waals surface area contributed by atoms with E-state index in [1.165, 1.54) is 258 Å². The number of rotatable bonds is 51. The summed E-state index contributed by atoms with van der Waals surface area (Å²) in [6.45, 7) is 32.3. The Kier molecular flexibility index (Phi) is 117. The summed E-state index contributed by atoms with van der Waals surface area (Å²) in [6, 6.07) is 0. The van der Waals surface area contributed by atoms with E-state index in [0.717, 1.165) is 71.9 Å². The lowest BCUT2D eigenvalue weighted by Gasteiger charge is -2.06. The van der Waals surface area contributed by atoms with E-state index in [1.807, 2.05) is 0 Å². The Morgan fingerprint density at radius 1 is 0.171 bits per heavy atom. The fourth-order valence-corrected chi connectivity index (χ4v) is 6.67. The Morgan fingerprint density at radius 2 is 0.329 bits per heavy atom. The largest absolute Gasteiger partial charge is 0.330 e. The normalized spacial score (nSPS) is 10.3. The Bertz CT molecular complexity index is 657. The van der Waals surface area contributed by atoms with Crippen LogP contribution in [0.5, 0.6) is 0 Å². The van der Waals surface area contributed by atoms with Gasteiger partial charge < -0.3 is 66.3 Å². The van der Waals surface area contributed by atoms with E-state index in [4.69, 9.17) is 34.4 Å². The second-order valence-corrected chi connectivity index (χ2v) is 18.8. The highest BCUT2D eigenvalue weighted by Gasteiger charge is 1.94. The van der Waals surface area contributed by atoms with E-state index in [-0.39, 0.29) is 7.43 Å². The van der Waals surface area contributed by atoms with Gasteiger partial charge >= 0.3 is 0 Å². The Balaban J connectivity index is -0.000000143. The van der Waals surface area contributed by atoms with Crippen LogP contribution in [0, 0.1) is 0 Å². The van der Waals surface area contributed by atoms with Crippen LogP contribution in [-0.4, -0.2) is 118 Å². The minimum Gasteiger partial charge on any atom is -0.330 e. The van der Waals surface area contributed by atoms with Crippen molar-refractivity contribution in [1.82, 2.24) is 31.9 Å². The molecule has 0 rings (SSSR count). The molecule has 12 heteroatoms. The van der Waals surface area contributed by atoms with Crippen molar-refractivity contribution in [2.45, 2.75) is 261 Å². The molecule has 0 bridgehead atoms. The third-order valence-electron chi connectivity index (χ3n) is 11.3. The van der Waals surface area contributed by atoms with Gasteiger partial charge in [0.15, 0.2) is 0 Å². The van der Waals surface area contributed by atoms with E-state index < -0.39 is 0 Å². The predicted octanol–water partition coefficient (Wildman–Crippen LogP) is 10.8. The molecule has 0 saturated carbocycles. The first-order valence-electron chi connectivity index (χ1n) is 30.4. The molecule has 18 N–H and O–H groups in total. The lowest BCUT2D eigenvalue weighted by Crippen LogP contribution is -2.19. The van der Waals surface area contributed by atoms with Crippen molar-refractivity contribution in [1.29, 1.82) is 0 Å². The van der Waals surface area contributed by atoms with Crippen LogP contribution in [0.25, 0.3) is 0 Å². The number of hydrogen-bond donors (Lipinski definition) is 12. The minimum absolute atomic E-state index is 0. The summed E-state index contributed by atoms with van der Waals surface area (Å²) in [5.41, 5.74) is 31.9. The second kappa shape index (κ2) is 97.8. The van der Waals surface area contributed by atoms with Crippen LogP contribution in [0.1, 0.15) is 261 Å². The molecule has 0 atom stereocenters. The summed E-state index contributed by atoms with van der Waals surface area (Å²) < 4.78 is 0. The highest BCUT2D eigenvalue weighted by Crippen LogP contribution is 2.00. The van der Waals surface area contributed by atoms with Crippen LogP contribution in [-0.2, 0) is 0 Å². The molecule has 0 fully saturated rings. The Morgan fingerprint density at radius 3 is 0.486 bits per heavy atom. The highest BCUT2D eigenvalue weighted by molar-refractivity contribution is 4.55. The molecule has 0 aromatic rings. The van der Waals surface area contributed by atoms with Crippen LogP contribution in [0.2, 0.25) is 0 Å². The van der Waals surface area contributed by atoms with Crippen LogP contribution in [0.3, 0.4) is 0 Å². The van der Waals surface area contributed by atoms with Crippen molar-refractivity contribution in [2.75, 3.05) is 118 Å². The van der Waals surface area contributed by atoms with Gasteiger partial charge in [0, 0.05) is 0 Å². The van der Waals surface area contributed by atoms with E-state index in [2.05, 4.69) is 73.4 Å². The molecule has 0 amide bonds. The first kappa shape index (κ1) is 83.5. The quantitative estimate of drug-likeness (QED) is 0.0256. The van der Waals surface area contributed by atoms with Crippen molar-refractivity contribution < 1.29 is 0 Å². The fourth-order valence-electron chi connectivity index (χ4n) is 6.67. The molecule has 0 saturated heterocycles. The van der Waals surface area contributed by atoms with Crippen molar-refractivity contribution in [3.8, 4) is 0 Å². The Hall–Kier alpha value is -0.480. The van der Waals surface area contributed by atoms with Crippen LogP contribution < -0.4 is 66.3 Å². The average molecular weight is 1010 g/mol. The number of nitrogens with two attached hydrogens (primary N) is 6. The van der Waals surface area contributed by atoms with Crippen LogP contribution in [0.15, 0.2) is 0 Å². The molecule has 0 heterocycles. The molecule has 0 aliphatic rings. The number of nitrogens with one attached hydrogen (secondary N) is 6. The maximum Gasteiger partial charge on any atom is -0.00489 e. The maximum atomic E-state index is 5.46. The number of hydrogen-bond acceptors (Lipinski definition) is 12. The summed E-state index contributed by atoms with van der Waals surface area (Å²) in [5, 5.41) is 20.8. The first-order chi connectivity index (χ1) is 34.0. The molecule has 0 aliphatic carbocycles. The van der Waals surface area contributed by atoms with E-state index in [1.54, 1.807) is 0 Å². The van der Waals surface area contributed by atoms with Gasteiger partial charge in [-0.25, -0.2) is 0 Å². The predicted molar refractivity (Wildman–Crippen MR) is 325 cm³/mol. The summed E-state index contributed by atoms with van der Waals surface area (Å²) >= 11 is 0. The monoisotopic (exact) mass is 1010 g/mol. The third kappa shape index (κ3) is 117. The molecule has 0 unspecified atom stereocenters. The zero-order chi connectivity index (χ0) is 52.3. The summed E-state index contributed by atoms with van der Waals surface area (Å²) in [7, 11) is 0. The van der Waals surface area contributed by atoms with Gasteiger partial charge in [-0.15, -0.1) is 0 Å². The molecule has 12 nitrogen and oxygen atoms in total. The SMILES string of the molecule is C.CCCCCCN.CCCCCCNCCCCCN.CCCCCCNCCCCCNCCCCCN.CCCN.CCCNCCCCCN.CCCNCCCCCNCCCCCN. The molecule has 0 spiro atoms. The van der Waals surface area contributed by atoms with Gasteiger partial charge in [0.25, 0.3) is 0 Å². The van der Waals surface area contributed by atoms with Crippen LogP contribution in [0.4, 0.5) is 0 Å². The first-order valence-corrected chi connectivity index (χ1v) is 30.4. The molecule has 434 valence electrons. The van der Waals surface area contributed by atoms with Crippen LogP contribution >= 0.6 is 0 Å². The van der Waals surface area contributed by atoms with E-state index >= 15 is 0 Å². The standard InChI is InChI=1S/C16H37N3.C13H31N3.C11H26N2.C8H20N2.C6H15N.C3H9N.CH4/c1-2-3-4-8-13-18-15-10-6-11-16-19-14-9-5-7-12-17;1-2-10-15-11-7-4-8-13-16-12-6-3-5-9-14;1-2-3-4-7-10-13-11-8-5-6-9-12;1-2-7-10-8-5-3-4-6-9;1-2-3-4-5-6-7;1-2-3-4;/h18-19H,2-17H2,1H3;15-16H,2-14H2,1H3;13H,2-12H2,1H3;10H,2-9H2,1H3;2-7H2,1H3;2-4H2,1H3;1H4. The third-order valence-corrected chi connectivity index (χ3v) is 11.3. The second-order valence-electron chi connectivity index (χ2n) is 18.8. The molecule has 70 heavy (non-hydrogen) atoms. The highest BCUT2D eigenvalue weighted by atomic mass is 14.9. The Labute approximate surface area is 443 Å². The molecule has 0 aliphatic heterocycles. The van der Waals surface area contributed by atoms with Crippen molar-refractivity contribution in [2.24, 2.45) is 34.4 Å². The van der Waals surface area contributed by atoms with Gasteiger partial charge in [-0.05, 0) is 233 Å². The van der Waals surface area contributed by atoms with Gasteiger partial charge in [-0.2, -0.15) is 0 Å². The summed E-state index contributed by atoms with van der Waals surface area (Å²) in [5.74, 6) is 0. The topological polar surface area (TPSA) is 228 Å². The molecule has 0 aromatic carbocycles.